The van der Waals surface area contributed by atoms with Crippen molar-refractivity contribution in [3.8, 4) is 0 Å². The Hall–Kier alpha value is -1.88. The number of H-pyrrole nitrogens is 1. The van der Waals surface area contributed by atoms with E-state index >= 15 is 0 Å². The van der Waals surface area contributed by atoms with Crippen LogP contribution < -0.4 is 5.32 Å². The highest BCUT2D eigenvalue weighted by atomic mass is 16.2. The van der Waals surface area contributed by atoms with Crippen molar-refractivity contribution in [1.29, 1.82) is 0 Å². The fourth-order valence-electron chi connectivity index (χ4n) is 3.40. The van der Waals surface area contributed by atoms with E-state index in [1.54, 1.807) is 0 Å². The smallest absolute Gasteiger partial charge is 0.228 e. The summed E-state index contributed by atoms with van der Waals surface area (Å²) >= 11 is 0. The largest absolute Gasteiger partial charge is 0.346 e. The number of rotatable bonds is 6. The molecule has 1 aromatic heterocycles. The predicted molar refractivity (Wildman–Crippen MR) is 95.8 cm³/mol. The van der Waals surface area contributed by atoms with Gasteiger partial charge in [0.25, 0.3) is 0 Å². The number of imidazole rings is 1. The van der Waals surface area contributed by atoms with Crippen LogP contribution in [0, 0.1) is 5.92 Å². The van der Waals surface area contributed by atoms with Crippen molar-refractivity contribution in [3.05, 3.63) is 30.1 Å². The van der Waals surface area contributed by atoms with Crippen LogP contribution in [0.4, 0.5) is 0 Å². The normalized spacial score (nSPS) is 16.2. The minimum atomic E-state index is 0.304. The highest BCUT2D eigenvalue weighted by Gasteiger charge is 2.25. The van der Waals surface area contributed by atoms with Gasteiger partial charge in [0.2, 0.25) is 5.91 Å². The van der Waals surface area contributed by atoms with Gasteiger partial charge in [-0.3, -0.25) is 4.79 Å². The second kappa shape index (κ2) is 7.79. The number of hydrogen-bond donors (Lipinski definition) is 2. The van der Waals surface area contributed by atoms with Crippen LogP contribution in [0.15, 0.2) is 24.3 Å². The summed E-state index contributed by atoms with van der Waals surface area (Å²) in [6.07, 6.45) is 2.66. The van der Waals surface area contributed by atoms with E-state index in [2.05, 4.69) is 30.2 Å². The van der Waals surface area contributed by atoms with Gasteiger partial charge < -0.3 is 15.2 Å². The van der Waals surface area contributed by atoms with Crippen LogP contribution in [-0.2, 0) is 4.79 Å². The van der Waals surface area contributed by atoms with Gasteiger partial charge in [0.15, 0.2) is 0 Å². The molecule has 130 valence electrons. The first-order chi connectivity index (χ1) is 11.6. The summed E-state index contributed by atoms with van der Waals surface area (Å²) in [6.45, 7) is 8.12. The first-order valence-corrected chi connectivity index (χ1v) is 9.17. The number of quaternary nitrogens is 1. The number of para-hydroxylation sites is 2. The van der Waals surface area contributed by atoms with Crippen molar-refractivity contribution < 1.29 is 10.1 Å². The number of aromatic amines is 1. The number of amides is 1. The van der Waals surface area contributed by atoms with Crippen molar-refractivity contribution in [2.75, 3.05) is 26.2 Å². The van der Waals surface area contributed by atoms with Gasteiger partial charge in [-0.05, 0) is 25.0 Å². The van der Waals surface area contributed by atoms with Crippen LogP contribution in [0.25, 0.3) is 11.0 Å². The van der Waals surface area contributed by atoms with Gasteiger partial charge in [0.05, 0.1) is 30.5 Å². The molecule has 5 nitrogen and oxygen atoms in total. The first-order valence-electron chi connectivity index (χ1n) is 9.17. The number of nitrogens with one attached hydrogen (secondary N) is 1. The summed E-state index contributed by atoms with van der Waals surface area (Å²) in [7, 11) is 0. The molecule has 0 spiro atoms. The van der Waals surface area contributed by atoms with E-state index < -0.39 is 0 Å². The minimum Gasteiger partial charge on any atom is -0.346 e. The van der Waals surface area contributed by atoms with Crippen LogP contribution in [0.2, 0.25) is 0 Å². The zero-order valence-corrected chi connectivity index (χ0v) is 14.8. The molecule has 0 bridgehead atoms. The number of aromatic nitrogens is 2. The molecule has 24 heavy (non-hydrogen) atoms. The van der Waals surface area contributed by atoms with E-state index in [1.807, 2.05) is 23.1 Å². The zero-order chi connectivity index (χ0) is 16.9. The Morgan fingerprint density at radius 2 is 2.08 bits per heavy atom. The Bertz CT molecular complexity index is 638. The SMILES string of the molecule is CC(C)C[NH2+]CCC(=O)N1CCC(c2nc3ccccc3[nH]2)CC1. The molecule has 5 heteroatoms. The number of carbonyl (C=O) groups excluding carboxylic acids is 1. The van der Waals surface area contributed by atoms with Gasteiger partial charge in [-0.1, -0.05) is 26.0 Å². The van der Waals surface area contributed by atoms with Crippen LogP contribution in [0.3, 0.4) is 0 Å². The maximum absolute atomic E-state index is 12.3. The molecule has 1 fully saturated rings. The lowest BCUT2D eigenvalue weighted by Crippen LogP contribution is -2.85. The third-order valence-corrected chi connectivity index (χ3v) is 4.84. The fourth-order valence-corrected chi connectivity index (χ4v) is 3.40. The number of fused-ring (bicyclic) bond motifs is 1. The van der Waals surface area contributed by atoms with Crippen LogP contribution in [0.5, 0.6) is 0 Å². The van der Waals surface area contributed by atoms with Crippen molar-refractivity contribution >= 4 is 16.9 Å². The first kappa shape index (κ1) is 17.0. The predicted octanol–water partition coefficient (Wildman–Crippen LogP) is 1.88. The Morgan fingerprint density at radius 3 is 2.79 bits per heavy atom. The highest BCUT2D eigenvalue weighted by molar-refractivity contribution is 5.76. The number of nitrogens with two attached hydrogens (primary N) is 1. The molecule has 0 aliphatic carbocycles. The summed E-state index contributed by atoms with van der Waals surface area (Å²) in [6, 6.07) is 8.16. The van der Waals surface area contributed by atoms with E-state index in [0.29, 0.717) is 24.2 Å². The third kappa shape index (κ3) is 4.15. The molecule has 3 N–H and O–H groups in total. The van der Waals surface area contributed by atoms with E-state index in [9.17, 15) is 4.79 Å². The number of likely N-dealkylation sites (tertiary alicyclic amines) is 1. The molecule has 0 saturated carbocycles. The third-order valence-electron chi connectivity index (χ3n) is 4.84. The number of hydrogen-bond acceptors (Lipinski definition) is 2. The lowest BCUT2D eigenvalue weighted by molar-refractivity contribution is -0.658. The lowest BCUT2D eigenvalue weighted by Gasteiger charge is -2.31. The van der Waals surface area contributed by atoms with Crippen molar-refractivity contribution in [2.24, 2.45) is 5.92 Å². The zero-order valence-electron chi connectivity index (χ0n) is 14.8. The maximum Gasteiger partial charge on any atom is 0.228 e. The average molecular weight is 329 g/mol. The van der Waals surface area contributed by atoms with Gasteiger partial charge >= 0.3 is 0 Å². The second-order valence-electron chi connectivity index (χ2n) is 7.25. The standard InChI is InChI=1S/C19H28N4O/c1-14(2)13-20-10-7-18(24)23-11-8-15(9-12-23)19-21-16-5-3-4-6-17(16)22-19/h3-6,14-15,20H,7-13H2,1-2H3,(H,21,22)/p+1. The summed E-state index contributed by atoms with van der Waals surface area (Å²) in [5.41, 5.74) is 2.14. The molecule has 1 aliphatic heterocycles. The topological polar surface area (TPSA) is 65.6 Å². The summed E-state index contributed by atoms with van der Waals surface area (Å²) in [5, 5.41) is 2.25. The lowest BCUT2D eigenvalue weighted by atomic mass is 9.96. The number of piperidine rings is 1. The van der Waals surface area contributed by atoms with Gasteiger partial charge in [-0.25, -0.2) is 4.98 Å². The monoisotopic (exact) mass is 329 g/mol. The second-order valence-corrected chi connectivity index (χ2v) is 7.25. The van der Waals surface area contributed by atoms with Crippen LogP contribution in [-0.4, -0.2) is 47.0 Å². The molecule has 0 radical (unpaired) electrons. The molecular weight excluding hydrogens is 300 g/mol. The van der Waals surface area contributed by atoms with E-state index in [0.717, 1.165) is 55.9 Å². The quantitative estimate of drug-likeness (QED) is 0.795. The van der Waals surface area contributed by atoms with Gasteiger partial charge in [0, 0.05) is 24.9 Å². The highest BCUT2D eigenvalue weighted by Crippen LogP contribution is 2.27. The van der Waals surface area contributed by atoms with Gasteiger partial charge in [-0.2, -0.15) is 0 Å². The molecule has 0 atom stereocenters. The molecule has 0 unspecified atom stereocenters. The van der Waals surface area contributed by atoms with Crippen LogP contribution >= 0.6 is 0 Å². The minimum absolute atomic E-state index is 0.304. The molecule has 1 aromatic carbocycles. The van der Waals surface area contributed by atoms with Crippen LogP contribution in [0.1, 0.15) is 44.9 Å². The van der Waals surface area contributed by atoms with Crippen molar-refractivity contribution in [2.45, 2.75) is 39.0 Å². The average Bonchev–Trinajstić information content (AvgIpc) is 3.02. The molecule has 1 saturated heterocycles. The maximum atomic E-state index is 12.3. The molecule has 3 rings (SSSR count). The summed E-state index contributed by atoms with van der Waals surface area (Å²) < 4.78 is 0. The van der Waals surface area contributed by atoms with Crippen molar-refractivity contribution in [3.63, 3.8) is 0 Å². The molecule has 1 amide bonds. The van der Waals surface area contributed by atoms with E-state index in [-0.39, 0.29) is 0 Å². The van der Waals surface area contributed by atoms with E-state index in [4.69, 9.17) is 4.98 Å². The van der Waals surface area contributed by atoms with E-state index in [1.165, 1.54) is 0 Å². The van der Waals surface area contributed by atoms with Crippen molar-refractivity contribution in [1.82, 2.24) is 14.9 Å². The number of carbonyl (C=O) groups is 1. The van der Waals surface area contributed by atoms with Gasteiger partial charge in [-0.15, -0.1) is 0 Å². The molecule has 2 aromatic rings. The number of nitrogens with zero attached hydrogens (tertiary/aromatic N) is 2. The summed E-state index contributed by atoms with van der Waals surface area (Å²) in [4.78, 5) is 22.5. The Balaban J connectivity index is 1.47. The van der Waals surface area contributed by atoms with Gasteiger partial charge in [0.1, 0.15) is 5.82 Å². The molecule has 1 aliphatic rings. The fraction of sp³-hybridized carbons (Fsp3) is 0.579. The Labute approximate surface area is 143 Å². The summed E-state index contributed by atoms with van der Waals surface area (Å²) in [5.74, 6) is 2.50. The molecule has 2 heterocycles. The number of benzene rings is 1. The Morgan fingerprint density at radius 1 is 1.33 bits per heavy atom. The molecular formula is C19H29N4O+. The Kier molecular flexibility index (Phi) is 5.51.